The zero-order valence-corrected chi connectivity index (χ0v) is 12.2. The predicted octanol–water partition coefficient (Wildman–Crippen LogP) is 2.60. The minimum Gasteiger partial charge on any atom is -0.497 e. The molecular formula is C15H26N2O. The van der Waals surface area contributed by atoms with E-state index in [9.17, 15) is 0 Å². The second-order valence-electron chi connectivity index (χ2n) is 5.28. The molecule has 3 heteroatoms. The van der Waals surface area contributed by atoms with Gasteiger partial charge in [0.25, 0.3) is 0 Å². The van der Waals surface area contributed by atoms with Crippen molar-refractivity contribution in [1.29, 1.82) is 0 Å². The molecule has 0 spiro atoms. The Morgan fingerprint density at radius 2 is 1.83 bits per heavy atom. The molecule has 0 saturated heterocycles. The van der Waals surface area contributed by atoms with Crippen molar-refractivity contribution in [3.63, 3.8) is 0 Å². The van der Waals surface area contributed by atoms with Crippen LogP contribution in [0.1, 0.15) is 32.3 Å². The number of benzene rings is 1. The Labute approximate surface area is 111 Å². The zero-order chi connectivity index (χ0) is 13.8. The van der Waals surface area contributed by atoms with Crippen LogP contribution >= 0.6 is 0 Å². The van der Waals surface area contributed by atoms with Gasteiger partial charge in [-0.1, -0.05) is 25.5 Å². The van der Waals surface area contributed by atoms with Gasteiger partial charge in [0, 0.05) is 6.04 Å². The van der Waals surface area contributed by atoms with Crippen molar-refractivity contribution in [1.82, 2.24) is 4.90 Å². The lowest BCUT2D eigenvalue weighted by Gasteiger charge is -2.39. The molecular weight excluding hydrogens is 224 g/mol. The molecule has 0 bridgehead atoms. The molecule has 2 atom stereocenters. The molecule has 1 aromatic carbocycles. The summed E-state index contributed by atoms with van der Waals surface area (Å²) in [6.07, 6.45) is 2.22. The Balaban J connectivity index is 3.00. The van der Waals surface area contributed by atoms with Crippen LogP contribution in [0, 0.1) is 0 Å². The Kier molecular flexibility index (Phi) is 5.17. The second-order valence-corrected chi connectivity index (χ2v) is 5.28. The quantitative estimate of drug-likeness (QED) is 0.843. The maximum atomic E-state index is 6.58. The largest absolute Gasteiger partial charge is 0.497 e. The molecule has 0 aliphatic heterocycles. The normalized spacial score (nSPS) is 16.4. The molecule has 0 amide bonds. The highest BCUT2D eigenvalue weighted by atomic mass is 16.5. The highest BCUT2D eigenvalue weighted by molar-refractivity contribution is 5.32. The first-order valence-electron chi connectivity index (χ1n) is 6.53. The summed E-state index contributed by atoms with van der Waals surface area (Å²) in [5, 5.41) is 0. The van der Waals surface area contributed by atoms with E-state index in [1.54, 1.807) is 7.11 Å². The third-order valence-corrected chi connectivity index (χ3v) is 3.59. The van der Waals surface area contributed by atoms with E-state index < -0.39 is 0 Å². The minimum absolute atomic E-state index is 0.330. The highest BCUT2D eigenvalue weighted by Gasteiger charge is 2.32. The summed E-state index contributed by atoms with van der Waals surface area (Å²) in [6.45, 7) is 4.30. The Morgan fingerprint density at radius 1 is 1.28 bits per heavy atom. The van der Waals surface area contributed by atoms with Gasteiger partial charge in [0.15, 0.2) is 0 Å². The van der Waals surface area contributed by atoms with E-state index in [1.807, 2.05) is 12.1 Å². The summed E-state index contributed by atoms with van der Waals surface area (Å²) < 4.78 is 5.19. The fourth-order valence-corrected chi connectivity index (χ4v) is 2.51. The van der Waals surface area contributed by atoms with Gasteiger partial charge in [-0.2, -0.15) is 0 Å². The topological polar surface area (TPSA) is 38.5 Å². The van der Waals surface area contributed by atoms with Crippen molar-refractivity contribution in [2.45, 2.75) is 38.3 Å². The van der Waals surface area contributed by atoms with Crippen molar-refractivity contribution in [2.24, 2.45) is 5.73 Å². The van der Waals surface area contributed by atoms with E-state index in [0.29, 0.717) is 6.04 Å². The monoisotopic (exact) mass is 250 g/mol. The summed E-state index contributed by atoms with van der Waals surface area (Å²) >= 11 is 0. The first kappa shape index (κ1) is 15.0. The van der Waals surface area contributed by atoms with E-state index in [-0.39, 0.29) is 5.54 Å². The molecule has 18 heavy (non-hydrogen) atoms. The Hall–Kier alpha value is -1.06. The van der Waals surface area contributed by atoms with Crippen molar-refractivity contribution in [3.05, 3.63) is 29.8 Å². The number of likely N-dealkylation sites (N-methyl/N-ethyl adjacent to an activating group) is 1. The molecule has 0 radical (unpaired) electrons. The number of rotatable bonds is 6. The number of hydrogen-bond donors (Lipinski definition) is 1. The number of ether oxygens (including phenoxy) is 1. The molecule has 2 N–H and O–H groups in total. The summed E-state index contributed by atoms with van der Waals surface area (Å²) in [5.41, 5.74) is 7.37. The molecule has 1 aromatic rings. The Morgan fingerprint density at radius 3 is 2.22 bits per heavy atom. The average Bonchev–Trinajstić information content (AvgIpc) is 2.35. The van der Waals surface area contributed by atoms with Crippen molar-refractivity contribution in [2.75, 3.05) is 21.2 Å². The van der Waals surface area contributed by atoms with Crippen LogP contribution in [0.25, 0.3) is 0 Å². The summed E-state index contributed by atoms with van der Waals surface area (Å²) in [7, 11) is 5.86. The van der Waals surface area contributed by atoms with Gasteiger partial charge in [-0.15, -0.1) is 0 Å². The molecule has 0 aliphatic carbocycles. The van der Waals surface area contributed by atoms with Gasteiger partial charge < -0.3 is 15.4 Å². The van der Waals surface area contributed by atoms with Gasteiger partial charge in [-0.05, 0) is 45.1 Å². The van der Waals surface area contributed by atoms with E-state index in [2.05, 4.69) is 45.0 Å². The van der Waals surface area contributed by atoms with Crippen molar-refractivity contribution in [3.8, 4) is 5.75 Å². The second kappa shape index (κ2) is 6.21. The first-order chi connectivity index (χ1) is 8.43. The SMILES string of the molecule is CCCC(N(C)C)C(C)(N)c1ccc(OC)cc1. The molecule has 102 valence electrons. The smallest absolute Gasteiger partial charge is 0.118 e. The highest BCUT2D eigenvalue weighted by Crippen LogP contribution is 2.28. The van der Waals surface area contributed by atoms with E-state index in [1.165, 1.54) is 0 Å². The standard InChI is InChI=1S/C15H26N2O/c1-6-7-14(17(3)4)15(2,16)12-8-10-13(18-5)11-9-12/h8-11,14H,6-7,16H2,1-5H3. The summed E-state index contributed by atoms with van der Waals surface area (Å²) in [5.74, 6) is 0.867. The number of hydrogen-bond acceptors (Lipinski definition) is 3. The van der Waals surface area contributed by atoms with Crippen LogP contribution in [-0.2, 0) is 5.54 Å². The van der Waals surface area contributed by atoms with Crippen molar-refractivity contribution < 1.29 is 4.74 Å². The minimum atomic E-state index is -0.355. The van der Waals surface area contributed by atoms with Crippen LogP contribution in [0.3, 0.4) is 0 Å². The Bertz CT molecular complexity index is 357. The fraction of sp³-hybridized carbons (Fsp3) is 0.600. The lowest BCUT2D eigenvalue weighted by Crippen LogP contribution is -2.52. The molecule has 3 nitrogen and oxygen atoms in total. The summed E-state index contributed by atoms with van der Waals surface area (Å²) in [4.78, 5) is 2.22. The van der Waals surface area contributed by atoms with E-state index in [4.69, 9.17) is 10.5 Å². The third-order valence-electron chi connectivity index (χ3n) is 3.59. The van der Waals surface area contributed by atoms with Crippen LogP contribution in [0.2, 0.25) is 0 Å². The molecule has 0 aromatic heterocycles. The van der Waals surface area contributed by atoms with Gasteiger partial charge in [0.05, 0.1) is 12.6 Å². The fourth-order valence-electron chi connectivity index (χ4n) is 2.51. The van der Waals surface area contributed by atoms with Gasteiger partial charge in [-0.3, -0.25) is 0 Å². The molecule has 0 heterocycles. The van der Waals surface area contributed by atoms with Crippen LogP contribution in [0.15, 0.2) is 24.3 Å². The van der Waals surface area contributed by atoms with E-state index in [0.717, 1.165) is 24.2 Å². The lowest BCUT2D eigenvalue weighted by molar-refractivity contribution is 0.177. The van der Waals surface area contributed by atoms with E-state index >= 15 is 0 Å². The van der Waals surface area contributed by atoms with Gasteiger partial charge >= 0.3 is 0 Å². The molecule has 0 aliphatic rings. The van der Waals surface area contributed by atoms with Crippen LogP contribution in [-0.4, -0.2) is 32.1 Å². The average molecular weight is 250 g/mol. The summed E-state index contributed by atoms with van der Waals surface area (Å²) in [6, 6.07) is 8.39. The molecule has 0 saturated carbocycles. The third kappa shape index (κ3) is 3.24. The number of nitrogens with two attached hydrogens (primary N) is 1. The first-order valence-corrected chi connectivity index (χ1v) is 6.53. The van der Waals surface area contributed by atoms with Crippen LogP contribution < -0.4 is 10.5 Å². The van der Waals surface area contributed by atoms with Crippen LogP contribution in [0.5, 0.6) is 5.75 Å². The number of nitrogens with zero attached hydrogens (tertiary/aromatic N) is 1. The maximum Gasteiger partial charge on any atom is 0.118 e. The predicted molar refractivity (Wildman–Crippen MR) is 76.9 cm³/mol. The van der Waals surface area contributed by atoms with Crippen LogP contribution in [0.4, 0.5) is 0 Å². The number of methoxy groups -OCH3 is 1. The maximum absolute atomic E-state index is 6.58. The molecule has 1 rings (SSSR count). The zero-order valence-electron chi connectivity index (χ0n) is 12.2. The van der Waals surface area contributed by atoms with Gasteiger partial charge in [0.2, 0.25) is 0 Å². The van der Waals surface area contributed by atoms with Gasteiger partial charge in [-0.25, -0.2) is 0 Å². The molecule has 0 fully saturated rings. The van der Waals surface area contributed by atoms with Crippen molar-refractivity contribution >= 4 is 0 Å². The molecule has 2 unspecified atom stereocenters. The van der Waals surface area contributed by atoms with Gasteiger partial charge in [0.1, 0.15) is 5.75 Å². The lowest BCUT2D eigenvalue weighted by atomic mass is 9.82.